The Kier molecular flexibility index (Phi) is 5.46. The second kappa shape index (κ2) is 6.88. The van der Waals surface area contributed by atoms with Crippen LogP contribution in [0, 0.1) is 5.41 Å². The van der Waals surface area contributed by atoms with Crippen LogP contribution in [-0.4, -0.2) is 50.8 Å². The van der Waals surface area contributed by atoms with E-state index in [-0.39, 0.29) is 0 Å². The summed E-state index contributed by atoms with van der Waals surface area (Å²) in [5.74, 6) is 0. The van der Waals surface area contributed by atoms with Crippen molar-refractivity contribution in [2.75, 3.05) is 39.9 Å². The van der Waals surface area contributed by atoms with Gasteiger partial charge in [-0.3, -0.25) is 0 Å². The highest BCUT2D eigenvalue weighted by Gasteiger charge is 2.43. The van der Waals surface area contributed by atoms with Crippen molar-refractivity contribution in [1.29, 1.82) is 0 Å². The predicted molar refractivity (Wildman–Crippen MR) is 75.9 cm³/mol. The molecule has 0 bridgehead atoms. The van der Waals surface area contributed by atoms with Crippen molar-refractivity contribution in [1.82, 2.24) is 10.2 Å². The maximum atomic E-state index is 5.24. The molecule has 3 nitrogen and oxygen atoms in total. The van der Waals surface area contributed by atoms with Crippen LogP contribution in [0.3, 0.4) is 0 Å². The molecule has 2 rings (SSSR count). The molecule has 1 aliphatic carbocycles. The van der Waals surface area contributed by atoms with E-state index in [4.69, 9.17) is 4.74 Å². The lowest BCUT2D eigenvalue weighted by atomic mass is 9.99. The topological polar surface area (TPSA) is 24.5 Å². The summed E-state index contributed by atoms with van der Waals surface area (Å²) in [4.78, 5) is 2.69. The van der Waals surface area contributed by atoms with Crippen LogP contribution in [-0.2, 0) is 4.74 Å². The largest absolute Gasteiger partial charge is 0.385 e. The van der Waals surface area contributed by atoms with E-state index < -0.39 is 0 Å². The fraction of sp³-hybridized carbons (Fsp3) is 1.00. The van der Waals surface area contributed by atoms with Crippen molar-refractivity contribution in [3.05, 3.63) is 0 Å². The van der Waals surface area contributed by atoms with E-state index in [2.05, 4.69) is 17.1 Å². The molecule has 3 heteroatoms. The maximum absolute atomic E-state index is 5.24. The summed E-state index contributed by atoms with van der Waals surface area (Å²) in [6, 6.07) is 0.773. The monoisotopic (exact) mass is 254 g/mol. The third kappa shape index (κ3) is 4.22. The van der Waals surface area contributed by atoms with Crippen LogP contribution in [0.15, 0.2) is 0 Å². The van der Waals surface area contributed by atoms with Gasteiger partial charge in [0.05, 0.1) is 0 Å². The minimum absolute atomic E-state index is 0.625. The lowest BCUT2D eigenvalue weighted by Crippen LogP contribution is -2.44. The van der Waals surface area contributed by atoms with E-state index in [1.165, 1.54) is 64.7 Å². The normalized spacial score (nSPS) is 24.3. The first kappa shape index (κ1) is 14.3. The molecule has 1 N–H and O–H groups in total. The summed E-state index contributed by atoms with van der Waals surface area (Å²) >= 11 is 0. The van der Waals surface area contributed by atoms with E-state index in [1.54, 1.807) is 0 Å². The van der Waals surface area contributed by atoms with Gasteiger partial charge in [0.1, 0.15) is 0 Å². The highest BCUT2D eigenvalue weighted by molar-refractivity contribution is 4.96. The van der Waals surface area contributed by atoms with Gasteiger partial charge in [-0.25, -0.2) is 0 Å². The molecule has 1 saturated heterocycles. The van der Waals surface area contributed by atoms with Crippen LogP contribution in [0.25, 0.3) is 0 Å². The molecule has 0 amide bonds. The second-order valence-corrected chi connectivity index (χ2v) is 6.25. The molecule has 0 spiro atoms. The Morgan fingerprint density at radius 1 is 1.28 bits per heavy atom. The third-order valence-electron chi connectivity index (χ3n) is 4.62. The van der Waals surface area contributed by atoms with Crippen LogP contribution in [0.5, 0.6) is 0 Å². The molecule has 2 fully saturated rings. The molecule has 106 valence electrons. The van der Waals surface area contributed by atoms with Crippen LogP contribution in [0.1, 0.15) is 45.4 Å². The number of hydrogen-bond donors (Lipinski definition) is 1. The first-order chi connectivity index (χ1) is 8.78. The number of ether oxygens (including phenoxy) is 1. The Morgan fingerprint density at radius 2 is 2.00 bits per heavy atom. The Labute approximate surface area is 112 Å². The van der Waals surface area contributed by atoms with Gasteiger partial charge in [0.15, 0.2) is 0 Å². The highest BCUT2D eigenvalue weighted by Crippen LogP contribution is 2.49. The molecule has 0 atom stereocenters. The SMILES string of the molecule is CCCNC1CCN(CC2(CCOC)CC2)CC1. The first-order valence-electron chi connectivity index (χ1n) is 7.73. The van der Waals surface area contributed by atoms with Gasteiger partial charge < -0.3 is 15.0 Å². The van der Waals surface area contributed by atoms with E-state index in [9.17, 15) is 0 Å². The number of methoxy groups -OCH3 is 1. The molecule has 0 aromatic carbocycles. The van der Waals surface area contributed by atoms with Gasteiger partial charge in [-0.05, 0) is 63.6 Å². The van der Waals surface area contributed by atoms with Crippen LogP contribution >= 0.6 is 0 Å². The van der Waals surface area contributed by atoms with E-state index in [1.807, 2.05) is 7.11 Å². The maximum Gasteiger partial charge on any atom is 0.0468 e. The van der Waals surface area contributed by atoms with Crippen molar-refractivity contribution in [3.8, 4) is 0 Å². The minimum atomic E-state index is 0.625. The highest BCUT2D eigenvalue weighted by atomic mass is 16.5. The predicted octanol–water partition coefficient (Wildman–Crippen LogP) is 2.27. The molecular formula is C15H30N2O. The summed E-state index contributed by atoms with van der Waals surface area (Å²) in [7, 11) is 1.82. The van der Waals surface area contributed by atoms with Crippen molar-refractivity contribution >= 4 is 0 Å². The molecule has 2 aliphatic rings. The fourth-order valence-electron chi connectivity index (χ4n) is 3.10. The number of nitrogens with zero attached hydrogens (tertiary/aromatic N) is 1. The summed E-state index contributed by atoms with van der Waals surface area (Å²) in [6.07, 6.45) is 8.02. The van der Waals surface area contributed by atoms with Crippen LogP contribution in [0.2, 0.25) is 0 Å². The fourth-order valence-corrected chi connectivity index (χ4v) is 3.10. The number of nitrogens with one attached hydrogen (secondary N) is 1. The van der Waals surface area contributed by atoms with E-state index >= 15 is 0 Å². The molecule has 1 heterocycles. The molecule has 18 heavy (non-hydrogen) atoms. The number of piperidine rings is 1. The molecule has 0 radical (unpaired) electrons. The van der Waals surface area contributed by atoms with Gasteiger partial charge in [0.2, 0.25) is 0 Å². The lowest BCUT2D eigenvalue weighted by molar-refractivity contribution is 0.129. The van der Waals surface area contributed by atoms with Gasteiger partial charge in [-0.15, -0.1) is 0 Å². The molecule has 0 unspecified atom stereocenters. The van der Waals surface area contributed by atoms with Gasteiger partial charge in [0, 0.05) is 26.3 Å². The lowest BCUT2D eigenvalue weighted by Gasteiger charge is -2.34. The Balaban J connectivity index is 1.64. The standard InChI is InChI=1S/C15H30N2O/c1-3-9-16-14-4-10-17(11-5-14)13-15(6-7-15)8-12-18-2/h14,16H,3-13H2,1-2H3. The van der Waals surface area contributed by atoms with Crippen molar-refractivity contribution in [2.24, 2.45) is 5.41 Å². The Hall–Kier alpha value is -0.120. The molecule has 1 aliphatic heterocycles. The molecular weight excluding hydrogens is 224 g/mol. The quantitative estimate of drug-likeness (QED) is 0.719. The zero-order chi connectivity index (χ0) is 12.8. The van der Waals surface area contributed by atoms with Crippen LogP contribution in [0.4, 0.5) is 0 Å². The number of hydrogen-bond acceptors (Lipinski definition) is 3. The Morgan fingerprint density at radius 3 is 2.56 bits per heavy atom. The summed E-state index contributed by atoms with van der Waals surface area (Å²) < 4.78 is 5.24. The zero-order valence-electron chi connectivity index (χ0n) is 12.2. The van der Waals surface area contributed by atoms with Crippen molar-refractivity contribution in [2.45, 2.75) is 51.5 Å². The second-order valence-electron chi connectivity index (χ2n) is 6.25. The van der Waals surface area contributed by atoms with Crippen molar-refractivity contribution in [3.63, 3.8) is 0 Å². The molecule has 1 saturated carbocycles. The minimum Gasteiger partial charge on any atom is -0.385 e. The summed E-state index contributed by atoms with van der Waals surface area (Å²) in [6.45, 7) is 8.26. The van der Waals surface area contributed by atoms with Crippen LogP contribution < -0.4 is 5.32 Å². The van der Waals surface area contributed by atoms with Gasteiger partial charge in [-0.2, -0.15) is 0 Å². The molecule has 0 aromatic rings. The third-order valence-corrected chi connectivity index (χ3v) is 4.62. The average molecular weight is 254 g/mol. The first-order valence-corrected chi connectivity index (χ1v) is 7.73. The average Bonchev–Trinajstić information content (AvgIpc) is 3.16. The van der Waals surface area contributed by atoms with Crippen molar-refractivity contribution < 1.29 is 4.74 Å². The molecule has 0 aromatic heterocycles. The number of likely N-dealkylation sites (tertiary alicyclic amines) is 1. The number of rotatable bonds is 8. The van der Waals surface area contributed by atoms with E-state index in [0.29, 0.717) is 5.41 Å². The van der Waals surface area contributed by atoms with E-state index in [0.717, 1.165) is 12.6 Å². The van der Waals surface area contributed by atoms with Gasteiger partial charge >= 0.3 is 0 Å². The zero-order valence-corrected chi connectivity index (χ0v) is 12.2. The smallest absolute Gasteiger partial charge is 0.0468 e. The summed E-state index contributed by atoms with van der Waals surface area (Å²) in [5.41, 5.74) is 0.625. The Bertz CT molecular complexity index is 233. The van der Waals surface area contributed by atoms with Gasteiger partial charge in [0.25, 0.3) is 0 Å². The summed E-state index contributed by atoms with van der Waals surface area (Å²) in [5, 5.41) is 3.66. The van der Waals surface area contributed by atoms with Gasteiger partial charge in [-0.1, -0.05) is 6.92 Å².